The van der Waals surface area contributed by atoms with Crippen LogP contribution in [-0.4, -0.2) is 51.5 Å². The molecule has 1 saturated heterocycles. The Morgan fingerprint density at radius 3 is 2.45 bits per heavy atom. The van der Waals surface area contributed by atoms with Gasteiger partial charge in [-0.15, -0.1) is 11.3 Å². The molecule has 1 aromatic carbocycles. The van der Waals surface area contributed by atoms with Crippen LogP contribution in [0.25, 0.3) is 0 Å². The molecular weight excluding hydrogens is 414 g/mol. The Balaban J connectivity index is 1.73. The predicted molar refractivity (Wildman–Crippen MR) is 112 cm³/mol. The molecule has 2 heterocycles. The van der Waals surface area contributed by atoms with Crippen molar-refractivity contribution in [3.05, 3.63) is 40.6 Å². The Morgan fingerprint density at radius 2 is 1.83 bits per heavy atom. The second-order valence-electron chi connectivity index (χ2n) is 6.48. The van der Waals surface area contributed by atoms with Crippen LogP contribution in [0.15, 0.2) is 40.6 Å². The molecule has 1 N–H and O–H groups in total. The summed E-state index contributed by atoms with van der Waals surface area (Å²) in [6.07, 6.45) is 1.19. The molecule has 2 amide bonds. The molecule has 0 aliphatic carbocycles. The number of ether oxygens (including phenoxy) is 1. The number of amides is 2. The fourth-order valence-electron chi connectivity index (χ4n) is 3.02. The van der Waals surface area contributed by atoms with Gasteiger partial charge in [-0.25, -0.2) is 13.2 Å². The van der Waals surface area contributed by atoms with Crippen LogP contribution in [0.5, 0.6) is 0 Å². The lowest BCUT2D eigenvalue weighted by Crippen LogP contribution is -2.29. The van der Waals surface area contributed by atoms with Crippen molar-refractivity contribution in [2.75, 3.05) is 37.0 Å². The molecule has 1 aromatic heterocycles. The fraction of sp³-hybridized carbons (Fsp3) is 0.368. The van der Waals surface area contributed by atoms with Gasteiger partial charge in [0.2, 0.25) is 10.0 Å². The number of carbonyl (C=O) groups is 2. The first-order valence-corrected chi connectivity index (χ1v) is 11.6. The number of thiophene rings is 1. The van der Waals surface area contributed by atoms with Crippen molar-refractivity contribution in [1.82, 2.24) is 4.31 Å². The van der Waals surface area contributed by atoms with Crippen LogP contribution in [-0.2, 0) is 14.8 Å². The Hall–Kier alpha value is -2.43. The fourth-order valence-corrected chi connectivity index (χ4v) is 5.83. The van der Waals surface area contributed by atoms with Gasteiger partial charge in [0.25, 0.3) is 5.91 Å². The summed E-state index contributed by atoms with van der Waals surface area (Å²) >= 11 is 1.09. The lowest BCUT2D eigenvalue weighted by atomic mass is 10.2. The Morgan fingerprint density at radius 1 is 1.17 bits per heavy atom. The van der Waals surface area contributed by atoms with E-state index < -0.39 is 22.0 Å². The highest BCUT2D eigenvalue weighted by Crippen LogP contribution is 2.28. The highest BCUT2D eigenvalue weighted by Gasteiger charge is 2.31. The smallest absolute Gasteiger partial charge is 0.413 e. The molecule has 8 nitrogen and oxygen atoms in total. The van der Waals surface area contributed by atoms with Gasteiger partial charge in [-0.3, -0.25) is 9.69 Å². The van der Waals surface area contributed by atoms with Crippen molar-refractivity contribution in [2.24, 2.45) is 0 Å². The van der Waals surface area contributed by atoms with Gasteiger partial charge in [0.05, 0.1) is 6.61 Å². The second-order valence-corrected chi connectivity index (χ2v) is 9.31. The monoisotopic (exact) mass is 437 g/mol. The van der Waals surface area contributed by atoms with Crippen molar-refractivity contribution in [3.8, 4) is 0 Å². The molecule has 10 heteroatoms. The molecule has 0 spiro atoms. The van der Waals surface area contributed by atoms with E-state index in [1.54, 1.807) is 43.6 Å². The van der Waals surface area contributed by atoms with Crippen LogP contribution < -0.4 is 10.2 Å². The molecule has 0 unspecified atom stereocenters. The van der Waals surface area contributed by atoms with E-state index in [2.05, 4.69) is 5.32 Å². The first-order valence-electron chi connectivity index (χ1n) is 9.24. The molecule has 156 valence electrons. The minimum absolute atomic E-state index is 0.0422. The summed E-state index contributed by atoms with van der Waals surface area (Å²) in [7, 11) is -2.08. The van der Waals surface area contributed by atoms with Gasteiger partial charge in [0, 0.05) is 31.5 Å². The first kappa shape index (κ1) is 21.3. The molecule has 1 fully saturated rings. The van der Waals surface area contributed by atoms with Gasteiger partial charge < -0.3 is 10.1 Å². The van der Waals surface area contributed by atoms with Crippen molar-refractivity contribution >= 4 is 44.7 Å². The minimum Gasteiger partial charge on any atom is -0.449 e. The van der Waals surface area contributed by atoms with E-state index in [-0.39, 0.29) is 16.4 Å². The maximum Gasteiger partial charge on any atom is 0.413 e. The molecule has 0 radical (unpaired) electrons. The van der Waals surface area contributed by atoms with E-state index in [1.807, 2.05) is 0 Å². The Kier molecular flexibility index (Phi) is 6.56. The molecule has 3 rings (SSSR count). The number of carbonyl (C=O) groups excluding carboxylic acids is 2. The SMILES string of the molecule is CCOC(=O)N(C)c1ccc(NC(=O)c2sccc2S(=O)(=O)N2CCCC2)cc1. The van der Waals surface area contributed by atoms with Gasteiger partial charge >= 0.3 is 6.09 Å². The number of rotatable bonds is 6. The molecule has 29 heavy (non-hydrogen) atoms. The lowest BCUT2D eigenvalue weighted by Gasteiger charge is -2.17. The van der Waals surface area contributed by atoms with Gasteiger partial charge in [-0.05, 0) is 55.5 Å². The standard InChI is InChI=1S/C19H23N3O5S2/c1-3-27-19(24)21(2)15-8-6-14(7-9-15)20-18(23)17-16(10-13-28-17)29(25,26)22-11-4-5-12-22/h6-10,13H,3-5,11-12H2,1-2H3,(H,20,23). The van der Waals surface area contributed by atoms with Gasteiger partial charge in [0.15, 0.2) is 0 Å². The van der Waals surface area contributed by atoms with E-state index >= 15 is 0 Å². The van der Waals surface area contributed by atoms with Gasteiger partial charge in [-0.2, -0.15) is 4.31 Å². The van der Waals surface area contributed by atoms with Crippen molar-refractivity contribution in [2.45, 2.75) is 24.7 Å². The molecule has 1 aliphatic heterocycles. The third kappa shape index (κ3) is 4.60. The highest BCUT2D eigenvalue weighted by molar-refractivity contribution is 7.89. The Labute approximate surface area is 174 Å². The normalized spacial score (nSPS) is 14.6. The number of hydrogen-bond acceptors (Lipinski definition) is 6. The molecular formula is C19H23N3O5S2. The molecule has 1 aliphatic rings. The number of sulfonamides is 1. The van der Waals surface area contributed by atoms with Crippen LogP contribution in [0.4, 0.5) is 16.2 Å². The van der Waals surface area contributed by atoms with Crippen LogP contribution in [0.2, 0.25) is 0 Å². The second kappa shape index (κ2) is 8.93. The van der Waals surface area contributed by atoms with E-state index in [9.17, 15) is 18.0 Å². The lowest BCUT2D eigenvalue weighted by molar-refractivity contribution is 0.102. The zero-order valence-corrected chi connectivity index (χ0v) is 17.9. The maximum absolute atomic E-state index is 12.8. The summed E-state index contributed by atoms with van der Waals surface area (Å²) in [4.78, 5) is 26.0. The van der Waals surface area contributed by atoms with Crippen LogP contribution in [0.3, 0.4) is 0 Å². The summed E-state index contributed by atoms with van der Waals surface area (Å²) < 4.78 is 32.0. The number of nitrogens with one attached hydrogen (secondary N) is 1. The summed E-state index contributed by atoms with van der Waals surface area (Å²) in [5.74, 6) is -0.482. The number of anilines is 2. The average Bonchev–Trinajstić information content (AvgIpc) is 3.40. The van der Waals surface area contributed by atoms with Crippen LogP contribution >= 0.6 is 11.3 Å². The average molecular weight is 438 g/mol. The van der Waals surface area contributed by atoms with E-state index in [0.29, 0.717) is 24.5 Å². The topological polar surface area (TPSA) is 96.0 Å². The third-order valence-corrected chi connectivity index (χ3v) is 7.56. The number of nitrogens with zero attached hydrogens (tertiary/aromatic N) is 2. The molecule has 2 aromatic rings. The van der Waals surface area contributed by atoms with Crippen LogP contribution in [0, 0.1) is 0 Å². The van der Waals surface area contributed by atoms with Crippen molar-refractivity contribution in [3.63, 3.8) is 0 Å². The zero-order chi connectivity index (χ0) is 21.0. The van der Waals surface area contributed by atoms with E-state index in [1.165, 1.54) is 15.3 Å². The van der Waals surface area contributed by atoms with Crippen molar-refractivity contribution in [1.29, 1.82) is 0 Å². The predicted octanol–water partition coefficient (Wildman–Crippen LogP) is 3.38. The molecule has 0 bridgehead atoms. The van der Waals surface area contributed by atoms with Crippen LogP contribution in [0.1, 0.15) is 29.4 Å². The number of hydrogen-bond donors (Lipinski definition) is 1. The van der Waals surface area contributed by atoms with Gasteiger partial charge in [-0.1, -0.05) is 0 Å². The zero-order valence-electron chi connectivity index (χ0n) is 16.3. The van der Waals surface area contributed by atoms with Crippen molar-refractivity contribution < 1.29 is 22.7 Å². The summed E-state index contributed by atoms with van der Waals surface area (Å²) in [6.45, 7) is 2.97. The third-order valence-electron chi connectivity index (χ3n) is 4.57. The van der Waals surface area contributed by atoms with E-state index in [0.717, 1.165) is 24.2 Å². The molecule has 0 saturated carbocycles. The maximum atomic E-state index is 12.8. The van der Waals surface area contributed by atoms with Gasteiger partial charge in [0.1, 0.15) is 9.77 Å². The minimum atomic E-state index is -3.67. The highest BCUT2D eigenvalue weighted by atomic mass is 32.2. The summed E-state index contributed by atoms with van der Waals surface area (Å²) in [6, 6.07) is 8.10. The molecule has 0 atom stereocenters. The number of benzene rings is 1. The summed E-state index contributed by atoms with van der Waals surface area (Å²) in [5.41, 5.74) is 1.10. The largest absolute Gasteiger partial charge is 0.449 e. The first-order chi connectivity index (χ1) is 13.8. The summed E-state index contributed by atoms with van der Waals surface area (Å²) in [5, 5.41) is 4.33. The van der Waals surface area contributed by atoms with E-state index in [4.69, 9.17) is 4.74 Å². The Bertz CT molecular complexity index is 980. The quantitative estimate of drug-likeness (QED) is 0.747.